The lowest BCUT2D eigenvalue weighted by atomic mass is 10.3. The van der Waals surface area contributed by atoms with Crippen molar-refractivity contribution in [1.82, 2.24) is 0 Å². The number of hydrogen-bond acceptors (Lipinski definition) is 2. The highest BCUT2D eigenvalue weighted by molar-refractivity contribution is 6.66. The van der Waals surface area contributed by atoms with Gasteiger partial charge in [-0.05, 0) is 24.6 Å². The Morgan fingerprint density at radius 3 is 2.33 bits per heavy atom. The first-order chi connectivity index (χ1) is 5.43. The molecule has 4 nitrogen and oxygen atoms in total. The molecule has 0 aromatic carbocycles. The second kappa shape index (κ2) is 4.90. The number of nitrogens with one attached hydrogen (secondary N) is 1. The highest BCUT2D eigenvalue weighted by Gasteiger charge is 2.03. The zero-order chi connectivity index (χ0) is 9.72. The molecule has 6 heteroatoms. The molecule has 0 saturated heterocycles. The van der Waals surface area contributed by atoms with E-state index in [1.807, 2.05) is 0 Å². The van der Waals surface area contributed by atoms with E-state index in [1.54, 1.807) is 6.92 Å². The van der Waals surface area contributed by atoms with Gasteiger partial charge in [-0.15, -0.1) is 0 Å². The maximum absolute atomic E-state index is 10.6. The van der Waals surface area contributed by atoms with Gasteiger partial charge >= 0.3 is 0 Å². The largest absolute Gasteiger partial charge is 0.364 e. The molecule has 0 aromatic rings. The third-order valence-corrected chi connectivity index (χ3v) is 1.00. The summed E-state index contributed by atoms with van der Waals surface area (Å²) >= 11 is 10.6. The number of nitrogens with zero attached hydrogens (tertiary/aromatic N) is 1. The summed E-state index contributed by atoms with van der Waals surface area (Å²) in [4.78, 5) is 14.0. The van der Waals surface area contributed by atoms with E-state index in [4.69, 9.17) is 34.3 Å². The molecule has 1 amide bonds. The molecule has 0 fully saturated rings. The van der Waals surface area contributed by atoms with Gasteiger partial charge in [-0.2, -0.15) is 0 Å². The van der Waals surface area contributed by atoms with Crippen LogP contribution in [0, 0.1) is 5.41 Å². The van der Waals surface area contributed by atoms with E-state index in [9.17, 15) is 4.79 Å². The number of amides is 1. The van der Waals surface area contributed by atoms with Crippen molar-refractivity contribution in [2.24, 2.45) is 10.7 Å². The van der Waals surface area contributed by atoms with Gasteiger partial charge in [0, 0.05) is 5.03 Å². The van der Waals surface area contributed by atoms with Crippen LogP contribution < -0.4 is 5.73 Å². The quantitative estimate of drug-likeness (QED) is 0.399. The van der Waals surface area contributed by atoms with Crippen LogP contribution in [0.2, 0.25) is 0 Å². The van der Waals surface area contributed by atoms with E-state index in [1.165, 1.54) is 6.08 Å². The summed E-state index contributed by atoms with van der Waals surface area (Å²) in [5, 5.41) is 6.58. The summed E-state index contributed by atoms with van der Waals surface area (Å²) in [6.45, 7) is 1.55. The Hall–Kier alpha value is -0.870. The molecule has 66 valence electrons. The van der Waals surface area contributed by atoms with Gasteiger partial charge in [-0.1, -0.05) is 11.6 Å². The van der Waals surface area contributed by atoms with Gasteiger partial charge in [-0.3, -0.25) is 10.2 Å². The Kier molecular flexibility index (Phi) is 4.54. The van der Waals surface area contributed by atoms with Crippen LogP contribution in [0.25, 0.3) is 0 Å². The molecule has 0 aliphatic rings. The molecular weight excluding hydrogens is 201 g/mol. The molecule has 0 heterocycles. The van der Waals surface area contributed by atoms with Crippen LogP contribution in [-0.2, 0) is 4.79 Å². The number of allylic oxidation sites excluding steroid dienone is 1. The third-order valence-electron chi connectivity index (χ3n) is 0.807. The number of carbonyl (C=O) groups excluding carboxylic acids is 1. The maximum atomic E-state index is 10.6. The molecule has 0 spiro atoms. The van der Waals surface area contributed by atoms with Crippen molar-refractivity contribution in [1.29, 1.82) is 5.41 Å². The molecule has 0 saturated carbocycles. The standard InChI is InChI=1S/C6H7Cl2N3O/c1-3(7)2-4(5(9)12)11-6(8)10/h2,10H,1H3,(H2,9,12)/b3-2+,10-6?,11-4?. The van der Waals surface area contributed by atoms with Crippen molar-refractivity contribution in [2.45, 2.75) is 6.92 Å². The number of hydrogen-bond donors (Lipinski definition) is 2. The van der Waals surface area contributed by atoms with E-state index in [-0.39, 0.29) is 5.71 Å². The van der Waals surface area contributed by atoms with Gasteiger partial charge in [-0.25, -0.2) is 4.99 Å². The monoisotopic (exact) mass is 207 g/mol. The van der Waals surface area contributed by atoms with Crippen molar-refractivity contribution in [3.63, 3.8) is 0 Å². The fourth-order valence-corrected chi connectivity index (χ4v) is 0.647. The van der Waals surface area contributed by atoms with Crippen molar-refractivity contribution < 1.29 is 4.79 Å². The molecule has 0 aliphatic heterocycles. The van der Waals surface area contributed by atoms with Gasteiger partial charge in [0.25, 0.3) is 5.91 Å². The second-order valence-corrected chi connectivity index (χ2v) is 2.84. The van der Waals surface area contributed by atoms with E-state index in [2.05, 4.69) is 4.99 Å². The normalized spacial score (nSPS) is 12.9. The lowest BCUT2D eigenvalue weighted by Crippen LogP contribution is -2.22. The van der Waals surface area contributed by atoms with Crippen LogP contribution in [0.3, 0.4) is 0 Å². The Bertz CT molecular complexity index is 266. The van der Waals surface area contributed by atoms with Crippen molar-refractivity contribution in [3.8, 4) is 0 Å². The zero-order valence-electron chi connectivity index (χ0n) is 6.27. The second-order valence-electron chi connectivity index (χ2n) is 1.88. The molecule has 0 unspecified atom stereocenters. The zero-order valence-corrected chi connectivity index (χ0v) is 7.78. The maximum Gasteiger partial charge on any atom is 0.267 e. The highest BCUT2D eigenvalue weighted by atomic mass is 35.5. The van der Waals surface area contributed by atoms with Gasteiger partial charge in [0.1, 0.15) is 5.71 Å². The first-order valence-corrected chi connectivity index (χ1v) is 3.65. The Morgan fingerprint density at radius 2 is 2.08 bits per heavy atom. The molecule has 0 radical (unpaired) electrons. The number of carbonyl (C=O) groups is 1. The predicted molar refractivity (Wildman–Crippen MR) is 49.8 cm³/mol. The minimum Gasteiger partial charge on any atom is -0.364 e. The van der Waals surface area contributed by atoms with E-state index in [0.717, 1.165) is 0 Å². The van der Waals surface area contributed by atoms with Crippen LogP contribution >= 0.6 is 23.2 Å². The number of aliphatic imine (C=N–C) groups is 1. The molecule has 12 heavy (non-hydrogen) atoms. The first kappa shape index (κ1) is 11.1. The third kappa shape index (κ3) is 4.87. The number of halogens is 2. The van der Waals surface area contributed by atoms with Crippen LogP contribution in [0.4, 0.5) is 0 Å². The van der Waals surface area contributed by atoms with E-state index >= 15 is 0 Å². The average Bonchev–Trinajstić information content (AvgIpc) is 1.83. The van der Waals surface area contributed by atoms with Crippen molar-refractivity contribution >= 4 is 40.1 Å². The summed E-state index contributed by atoms with van der Waals surface area (Å²) in [5.74, 6) is -0.777. The minimum absolute atomic E-state index is 0.137. The van der Waals surface area contributed by atoms with Crippen molar-refractivity contribution in [3.05, 3.63) is 11.1 Å². The van der Waals surface area contributed by atoms with E-state index in [0.29, 0.717) is 5.03 Å². The SMILES string of the molecule is C/C(Cl)=C\C(=NC(=N)Cl)C(N)=O. The van der Waals surface area contributed by atoms with Crippen molar-refractivity contribution in [2.75, 3.05) is 0 Å². The lowest BCUT2D eigenvalue weighted by Gasteiger charge is -1.93. The first-order valence-electron chi connectivity index (χ1n) is 2.90. The molecule has 0 aromatic heterocycles. The fraction of sp³-hybridized carbons (Fsp3) is 0.167. The predicted octanol–water partition coefficient (Wildman–Crippen LogP) is 1.23. The average molecular weight is 208 g/mol. The Morgan fingerprint density at radius 1 is 1.58 bits per heavy atom. The summed E-state index contributed by atoms with van der Waals surface area (Å²) < 4.78 is 0. The Balaban J connectivity index is 4.81. The molecule has 0 bridgehead atoms. The number of primary amides is 1. The Labute approximate surface area is 79.6 Å². The molecule has 0 aliphatic carbocycles. The summed E-state index contributed by atoms with van der Waals surface area (Å²) in [6, 6.07) is 0. The van der Waals surface area contributed by atoms with Gasteiger partial charge in [0.15, 0.2) is 0 Å². The number of amidine groups is 1. The van der Waals surface area contributed by atoms with Gasteiger partial charge in [0.2, 0.25) is 5.29 Å². The highest BCUT2D eigenvalue weighted by Crippen LogP contribution is 1.99. The number of nitrogens with two attached hydrogens (primary N) is 1. The van der Waals surface area contributed by atoms with Gasteiger partial charge < -0.3 is 5.73 Å². The van der Waals surface area contributed by atoms with Crippen LogP contribution in [0.1, 0.15) is 6.92 Å². The summed E-state index contributed by atoms with van der Waals surface area (Å²) in [7, 11) is 0. The summed E-state index contributed by atoms with van der Waals surface area (Å²) in [5.41, 5.74) is 4.77. The summed E-state index contributed by atoms with van der Waals surface area (Å²) in [6.07, 6.45) is 1.24. The van der Waals surface area contributed by atoms with Gasteiger partial charge in [0.05, 0.1) is 0 Å². The van der Waals surface area contributed by atoms with E-state index < -0.39 is 11.2 Å². The minimum atomic E-state index is -0.777. The van der Waals surface area contributed by atoms with Crippen LogP contribution in [0.15, 0.2) is 16.1 Å². The molecule has 3 N–H and O–H groups in total. The van der Waals surface area contributed by atoms with Crippen LogP contribution in [0.5, 0.6) is 0 Å². The molecule has 0 rings (SSSR count). The smallest absolute Gasteiger partial charge is 0.267 e. The van der Waals surface area contributed by atoms with Crippen LogP contribution in [-0.4, -0.2) is 16.9 Å². The molecule has 0 atom stereocenters. The number of rotatable bonds is 2. The molecular formula is C6H7Cl2N3O. The topological polar surface area (TPSA) is 79.3 Å². The fourth-order valence-electron chi connectivity index (χ4n) is 0.453. The lowest BCUT2D eigenvalue weighted by molar-refractivity contribution is -0.111.